The van der Waals surface area contributed by atoms with Gasteiger partial charge in [-0.2, -0.15) is 5.06 Å². The Labute approximate surface area is 181 Å². The fraction of sp³-hybridized carbons (Fsp3) is 0.375. The molecule has 0 radical (unpaired) electrons. The van der Waals surface area contributed by atoms with E-state index in [1.54, 1.807) is 24.3 Å². The average Bonchev–Trinajstić information content (AvgIpc) is 3.14. The summed E-state index contributed by atoms with van der Waals surface area (Å²) in [5.74, 6) is -3.87. The Morgan fingerprint density at radius 1 is 1.33 bits per heavy atom. The third kappa shape index (κ3) is 4.27. The van der Waals surface area contributed by atoms with Gasteiger partial charge in [0.25, 0.3) is 11.6 Å². The normalized spacial score (nSPS) is 24.3. The van der Waals surface area contributed by atoms with Crippen molar-refractivity contribution in [2.75, 3.05) is 6.61 Å². The van der Waals surface area contributed by atoms with Gasteiger partial charge in [-0.05, 0) is 11.6 Å². The number of carbonyl (C=O) groups excluding carboxylic acids is 4. The van der Waals surface area contributed by atoms with Crippen molar-refractivity contribution in [3.63, 3.8) is 0 Å². The maximum absolute atomic E-state index is 12.4. The summed E-state index contributed by atoms with van der Waals surface area (Å²) in [5.41, 5.74) is -1.73. The first-order valence-corrected chi connectivity index (χ1v) is 8.14. The monoisotopic (exact) mass is 404 g/mol. The number of nitrogens with zero attached hydrogens (tertiary/aromatic N) is 1. The summed E-state index contributed by atoms with van der Waals surface area (Å²) in [7, 11) is 0. The molecule has 9 nitrogen and oxygen atoms in total. The molecule has 11 heteroatoms. The second-order valence-electron chi connectivity index (χ2n) is 5.86. The van der Waals surface area contributed by atoms with Gasteiger partial charge in [0.05, 0.1) is 12.8 Å². The topological polar surface area (TPSA) is 125 Å². The molecule has 2 aliphatic rings. The van der Waals surface area contributed by atoms with Crippen LogP contribution in [-0.4, -0.2) is 47.2 Å². The van der Waals surface area contributed by atoms with Gasteiger partial charge in [0.2, 0.25) is 5.91 Å². The van der Waals surface area contributed by atoms with Gasteiger partial charge < -0.3 is 20.0 Å². The van der Waals surface area contributed by atoms with Crippen LogP contribution in [0.15, 0.2) is 24.3 Å². The van der Waals surface area contributed by atoms with E-state index in [1.807, 2.05) is 0 Å². The summed E-state index contributed by atoms with van der Waals surface area (Å²) in [4.78, 5) is 52.5. The number of hydroxylamine groups is 2. The fourth-order valence-electron chi connectivity index (χ4n) is 2.80. The van der Waals surface area contributed by atoms with E-state index in [0.717, 1.165) is 0 Å². The molecular weight excluding hydrogens is 391 g/mol. The predicted molar refractivity (Wildman–Crippen MR) is 82.9 cm³/mol. The Morgan fingerprint density at radius 2 is 2.04 bits per heavy atom. The number of ether oxygens (including phenoxy) is 1. The second kappa shape index (κ2) is 8.57. The summed E-state index contributed by atoms with van der Waals surface area (Å²) in [6.45, 7) is -0.292. The smallest absolute Gasteiger partial charge is 0.544 e. The van der Waals surface area contributed by atoms with Crippen molar-refractivity contribution in [1.82, 2.24) is 10.4 Å². The van der Waals surface area contributed by atoms with E-state index < -0.39 is 35.5 Å². The minimum atomic E-state index is -2.31. The molecule has 1 unspecified atom stereocenters. The molecule has 138 valence electrons. The molecule has 0 saturated carbocycles. The van der Waals surface area contributed by atoms with Crippen molar-refractivity contribution < 1.29 is 63.4 Å². The molecule has 0 bridgehead atoms. The van der Waals surface area contributed by atoms with E-state index in [2.05, 4.69) is 5.32 Å². The number of rotatable bonds is 5. The van der Waals surface area contributed by atoms with Gasteiger partial charge in [-0.15, -0.1) is 0 Å². The number of carboxylic acid groups (broad SMARTS) is 1. The third-order valence-electron chi connectivity index (χ3n) is 4.11. The molecule has 2 heterocycles. The van der Waals surface area contributed by atoms with E-state index in [-0.39, 0.29) is 55.4 Å². The van der Waals surface area contributed by atoms with E-state index in [9.17, 15) is 24.3 Å². The number of hydrogen-bond acceptors (Lipinski definition) is 7. The number of hydrogen-bond donors (Lipinski definition) is 1. The van der Waals surface area contributed by atoms with Crippen LogP contribution in [-0.2, 0) is 35.2 Å². The number of amides is 2. The van der Waals surface area contributed by atoms with E-state index in [0.29, 0.717) is 15.6 Å². The Kier molecular flexibility index (Phi) is 6.87. The van der Waals surface area contributed by atoms with Crippen LogP contribution in [0, 0.1) is 0 Å². The zero-order valence-electron chi connectivity index (χ0n) is 14.4. The molecule has 2 atom stereocenters. The fourth-order valence-corrected chi connectivity index (χ4v) is 3.01. The van der Waals surface area contributed by atoms with Gasteiger partial charge in [0.1, 0.15) is 18.6 Å². The maximum Gasteiger partial charge on any atom is 1.00 e. The van der Waals surface area contributed by atoms with Gasteiger partial charge in [0.15, 0.2) is 0 Å². The van der Waals surface area contributed by atoms with Crippen LogP contribution in [0.1, 0.15) is 18.4 Å². The number of carbonyl (C=O) groups is 4. The zero-order chi connectivity index (χ0) is 18.9. The largest absolute Gasteiger partial charge is 1.00 e. The number of halogens is 1. The SMILES string of the molecule is O=C(Cc1ccccc1Cl)N[C@H]1CON(C2(C(=O)[O-])CCC(=O)O2)C1=O.[Na+]. The number of cyclic esters (lactones) is 1. The Balaban J connectivity index is 0.00000261. The van der Waals surface area contributed by atoms with Crippen molar-refractivity contribution in [2.45, 2.75) is 31.0 Å². The Bertz CT molecular complexity index is 790. The predicted octanol–water partition coefficient (Wildman–Crippen LogP) is -4.07. The summed E-state index contributed by atoms with van der Waals surface area (Å²) >= 11 is 5.99. The molecule has 0 aliphatic carbocycles. The van der Waals surface area contributed by atoms with Gasteiger partial charge in [-0.25, -0.2) is 0 Å². The van der Waals surface area contributed by atoms with Gasteiger partial charge in [-0.3, -0.25) is 19.2 Å². The molecular formula is C16H14ClN2NaO7. The number of aliphatic carboxylic acids is 1. The molecule has 27 heavy (non-hydrogen) atoms. The molecule has 1 N–H and O–H groups in total. The van der Waals surface area contributed by atoms with Crippen molar-refractivity contribution in [2.24, 2.45) is 0 Å². The minimum Gasteiger partial charge on any atom is -0.544 e. The number of carboxylic acids is 1. The zero-order valence-corrected chi connectivity index (χ0v) is 17.2. The molecule has 0 aromatic heterocycles. The third-order valence-corrected chi connectivity index (χ3v) is 4.48. The summed E-state index contributed by atoms with van der Waals surface area (Å²) in [6, 6.07) is 5.63. The quantitative estimate of drug-likeness (QED) is 0.391. The van der Waals surface area contributed by atoms with Crippen molar-refractivity contribution in [3.8, 4) is 0 Å². The molecule has 2 saturated heterocycles. The van der Waals surface area contributed by atoms with Gasteiger partial charge in [-0.1, -0.05) is 29.8 Å². The van der Waals surface area contributed by atoms with Crippen LogP contribution in [0.25, 0.3) is 0 Å². The van der Waals surface area contributed by atoms with Crippen LogP contribution < -0.4 is 40.0 Å². The molecule has 2 amide bonds. The molecule has 2 fully saturated rings. The van der Waals surface area contributed by atoms with Gasteiger partial charge in [0, 0.05) is 11.4 Å². The second-order valence-corrected chi connectivity index (χ2v) is 6.27. The molecule has 1 aromatic rings. The van der Waals surface area contributed by atoms with Crippen LogP contribution >= 0.6 is 11.6 Å². The molecule has 1 aromatic carbocycles. The summed E-state index contributed by atoms with van der Waals surface area (Å²) in [5, 5.41) is 14.8. The number of nitrogens with one attached hydrogen (secondary N) is 1. The standard InChI is InChI=1S/C16H15ClN2O7.Na/c17-10-4-2-1-3-9(10)7-12(20)18-11-8-25-19(14(11)22)16(15(23)24)6-5-13(21)26-16;/h1-4,11H,5-8H2,(H,18,20)(H,23,24);/q;+1/p-1/t11-,16?;/m0./s1. The molecule has 3 rings (SSSR count). The van der Waals surface area contributed by atoms with Crippen LogP contribution in [0.4, 0.5) is 0 Å². The average molecular weight is 405 g/mol. The maximum atomic E-state index is 12.4. The Morgan fingerprint density at radius 3 is 2.63 bits per heavy atom. The number of benzene rings is 1. The number of esters is 1. The van der Waals surface area contributed by atoms with E-state index in [4.69, 9.17) is 21.2 Å². The molecule has 2 aliphatic heterocycles. The first-order chi connectivity index (χ1) is 12.3. The van der Waals surface area contributed by atoms with E-state index in [1.165, 1.54) is 0 Å². The van der Waals surface area contributed by atoms with Gasteiger partial charge >= 0.3 is 35.5 Å². The van der Waals surface area contributed by atoms with Crippen molar-refractivity contribution >= 4 is 35.4 Å². The minimum absolute atomic E-state index is 0. The summed E-state index contributed by atoms with van der Waals surface area (Å²) in [6.07, 6.45) is -0.547. The van der Waals surface area contributed by atoms with Crippen molar-refractivity contribution in [1.29, 1.82) is 0 Å². The van der Waals surface area contributed by atoms with Crippen LogP contribution in [0.5, 0.6) is 0 Å². The summed E-state index contributed by atoms with van der Waals surface area (Å²) < 4.78 is 4.78. The Hall–Kier alpha value is -1.65. The van der Waals surface area contributed by atoms with Crippen LogP contribution in [0.3, 0.4) is 0 Å². The van der Waals surface area contributed by atoms with Crippen LogP contribution in [0.2, 0.25) is 5.02 Å². The van der Waals surface area contributed by atoms with Crippen molar-refractivity contribution in [3.05, 3.63) is 34.9 Å². The van der Waals surface area contributed by atoms with E-state index >= 15 is 0 Å². The molecule has 0 spiro atoms. The first kappa shape index (κ1) is 21.6. The first-order valence-electron chi connectivity index (χ1n) is 7.76.